The van der Waals surface area contributed by atoms with Crippen LogP contribution in [0.15, 0.2) is 35.3 Å². The molecular formula is C22H27ClFIN4O2. The second kappa shape index (κ2) is 10.3. The zero-order valence-electron chi connectivity index (χ0n) is 17.3. The highest BCUT2D eigenvalue weighted by atomic mass is 127. The highest BCUT2D eigenvalue weighted by Gasteiger charge is 2.58. The molecular weight excluding hydrogens is 534 g/mol. The third-order valence-corrected chi connectivity index (χ3v) is 6.45. The molecule has 3 aliphatic rings. The first-order valence-electron chi connectivity index (χ1n) is 10.5. The summed E-state index contributed by atoms with van der Waals surface area (Å²) in [6.07, 6.45) is 5.81. The van der Waals surface area contributed by atoms with Crippen LogP contribution in [0.2, 0.25) is 5.02 Å². The minimum Gasteiger partial charge on any atom is -0.357 e. The van der Waals surface area contributed by atoms with E-state index in [2.05, 4.69) is 27.8 Å². The van der Waals surface area contributed by atoms with Crippen molar-refractivity contribution in [3.05, 3.63) is 46.8 Å². The number of halogens is 3. The number of amides is 2. The normalized spacial score (nSPS) is 26.3. The molecule has 2 bridgehead atoms. The van der Waals surface area contributed by atoms with Gasteiger partial charge in [0.1, 0.15) is 5.82 Å². The SMILES string of the molecule is CCNC(=NCc1ccc(F)c(Cl)c1)NCCCN1C(=O)C2C3C=CC(C3)C2C1=O.I. The van der Waals surface area contributed by atoms with Crippen LogP contribution in [0.1, 0.15) is 25.3 Å². The maximum atomic E-state index is 13.3. The van der Waals surface area contributed by atoms with Crippen molar-refractivity contribution in [2.45, 2.75) is 26.3 Å². The topological polar surface area (TPSA) is 73.8 Å². The van der Waals surface area contributed by atoms with Gasteiger partial charge in [0, 0.05) is 19.6 Å². The number of aliphatic imine (C=N–C) groups is 1. The van der Waals surface area contributed by atoms with Crippen molar-refractivity contribution < 1.29 is 14.0 Å². The Morgan fingerprint density at radius 2 is 1.87 bits per heavy atom. The molecule has 0 radical (unpaired) electrons. The number of carbonyl (C=O) groups is 2. The Hall–Kier alpha value is -1.68. The van der Waals surface area contributed by atoms with Crippen LogP contribution in [-0.2, 0) is 16.1 Å². The van der Waals surface area contributed by atoms with Crippen molar-refractivity contribution in [2.24, 2.45) is 28.7 Å². The minimum atomic E-state index is -0.451. The number of carbonyl (C=O) groups excluding carboxylic acids is 2. The number of hydrogen-bond acceptors (Lipinski definition) is 3. The van der Waals surface area contributed by atoms with E-state index >= 15 is 0 Å². The van der Waals surface area contributed by atoms with Crippen LogP contribution in [0, 0.1) is 29.5 Å². The molecule has 1 aliphatic heterocycles. The van der Waals surface area contributed by atoms with Gasteiger partial charge in [0.25, 0.3) is 0 Å². The summed E-state index contributed by atoms with van der Waals surface area (Å²) in [5.74, 6) is 0.374. The Balaban J connectivity index is 0.00000272. The van der Waals surface area contributed by atoms with Gasteiger partial charge in [-0.05, 0) is 49.3 Å². The van der Waals surface area contributed by atoms with E-state index in [0.29, 0.717) is 38.6 Å². The second-order valence-corrected chi connectivity index (χ2v) is 8.46. The first kappa shape index (κ1) is 24.0. The fourth-order valence-corrected chi connectivity index (χ4v) is 4.98. The quantitative estimate of drug-likeness (QED) is 0.134. The zero-order valence-corrected chi connectivity index (χ0v) is 20.4. The number of nitrogens with zero attached hydrogens (tertiary/aromatic N) is 2. The number of guanidine groups is 1. The summed E-state index contributed by atoms with van der Waals surface area (Å²) in [7, 11) is 0. The van der Waals surface area contributed by atoms with Gasteiger partial charge in [0.2, 0.25) is 11.8 Å². The van der Waals surface area contributed by atoms with Crippen LogP contribution in [-0.4, -0.2) is 42.3 Å². The molecule has 168 valence electrons. The van der Waals surface area contributed by atoms with E-state index in [4.69, 9.17) is 11.6 Å². The summed E-state index contributed by atoms with van der Waals surface area (Å²) in [6, 6.07) is 4.54. The lowest BCUT2D eigenvalue weighted by Crippen LogP contribution is -2.40. The van der Waals surface area contributed by atoms with Gasteiger partial charge >= 0.3 is 0 Å². The molecule has 0 aromatic heterocycles. The van der Waals surface area contributed by atoms with Gasteiger partial charge in [0.15, 0.2) is 5.96 Å². The number of rotatable bonds is 7. The molecule has 31 heavy (non-hydrogen) atoms. The van der Waals surface area contributed by atoms with Crippen LogP contribution in [0.25, 0.3) is 0 Å². The maximum Gasteiger partial charge on any atom is 0.233 e. The highest BCUT2D eigenvalue weighted by Crippen LogP contribution is 2.52. The van der Waals surface area contributed by atoms with Crippen molar-refractivity contribution >= 4 is 53.4 Å². The van der Waals surface area contributed by atoms with Gasteiger partial charge in [-0.15, -0.1) is 24.0 Å². The third kappa shape index (κ3) is 4.89. The Bertz CT molecular complexity index is 879. The Kier molecular flexibility index (Phi) is 7.96. The molecule has 9 heteroatoms. The smallest absolute Gasteiger partial charge is 0.233 e. The van der Waals surface area contributed by atoms with Crippen LogP contribution in [0.5, 0.6) is 0 Å². The van der Waals surface area contributed by atoms with E-state index in [1.165, 1.54) is 11.0 Å². The molecule has 1 aromatic carbocycles. The number of allylic oxidation sites excluding steroid dienone is 2. The largest absolute Gasteiger partial charge is 0.357 e. The number of hydrogen-bond donors (Lipinski definition) is 2. The molecule has 6 nitrogen and oxygen atoms in total. The predicted molar refractivity (Wildman–Crippen MR) is 129 cm³/mol. The zero-order chi connectivity index (χ0) is 21.3. The first-order valence-corrected chi connectivity index (χ1v) is 10.9. The summed E-state index contributed by atoms with van der Waals surface area (Å²) >= 11 is 5.82. The number of imide groups is 1. The highest BCUT2D eigenvalue weighted by molar-refractivity contribution is 14.0. The van der Waals surface area contributed by atoms with Gasteiger partial charge in [-0.3, -0.25) is 14.5 Å². The van der Waals surface area contributed by atoms with Crippen molar-refractivity contribution in [1.82, 2.24) is 15.5 Å². The average Bonchev–Trinajstić information content (AvgIpc) is 3.41. The third-order valence-electron chi connectivity index (χ3n) is 6.16. The predicted octanol–water partition coefficient (Wildman–Crippen LogP) is 3.35. The molecule has 1 saturated carbocycles. The second-order valence-electron chi connectivity index (χ2n) is 8.05. The average molecular weight is 561 g/mol. The molecule has 2 fully saturated rings. The molecule has 1 aromatic rings. The van der Waals surface area contributed by atoms with Crippen molar-refractivity contribution in [1.29, 1.82) is 0 Å². The molecule has 2 aliphatic carbocycles. The molecule has 1 saturated heterocycles. The number of fused-ring (bicyclic) bond motifs is 5. The van der Waals surface area contributed by atoms with E-state index in [1.54, 1.807) is 12.1 Å². The fourth-order valence-electron chi connectivity index (χ4n) is 4.78. The van der Waals surface area contributed by atoms with E-state index in [0.717, 1.165) is 12.0 Å². The lowest BCUT2D eigenvalue weighted by Gasteiger charge is -2.18. The minimum absolute atomic E-state index is 0. The van der Waals surface area contributed by atoms with Gasteiger partial charge in [-0.25, -0.2) is 9.38 Å². The summed E-state index contributed by atoms with van der Waals surface area (Å²) in [6.45, 7) is 4.02. The summed E-state index contributed by atoms with van der Waals surface area (Å²) < 4.78 is 13.3. The van der Waals surface area contributed by atoms with E-state index in [9.17, 15) is 14.0 Å². The van der Waals surface area contributed by atoms with E-state index in [-0.39, 0.29) is 64.5 Å². The summed E-state index contributed by atoms with van der Waals surface area (Å²) in [4.78, 5) is 31.3. The Morgan fingerprint density at radius 3 is 2.48 bits per heavy atom. The molecule has 0 spiro atoms. The van der Waals surface area contributed by atoms with Gasteiger partial charge in [0.05, 0.1) is 23.4 Å². The number of benzene rings is 1. The van der Waals surface area contributed by atoms with Crippen LogP contribution >= 0.6 is 35.6 Å². The fraction of sp³-hybridized carbons (Fsp3) is 0.500. The number of likely N-dealkylation sites (tertiary alicyclic amines) is 1. The van der Waals surface area contributed by atoms with Gasteiger partial charge < -0.3 is 10.6 Å². The monoisotopic (exact) mass is 560 g/mol. The molecule has 4 unspecified atom stereocenters. The lowest BCUT2D eigenvalue weighted by molar-refractivity contribution is -0.140. The van der Waals surface area contributed by atoms with Crippen LogP contribution < -0.4 is 10.6 Å². The maximum absolute atomic E-state index is 13.3. The Morgan fingerprint density at radius 1 is 1.19 bits per heavy atom. The molecule has 1 heterocycles. The van der Waals surface area contributed by atoms with Crippen molar-refractivity contribution in [3.63, 3.8) is 0 Å². The number of nitrogens with one attached hydrogen (secondary N) is 2. The molecule has 2 amide bonds. The molecule has 4 atom stereocenters. The van der Waals surface area contributed by atoms with Gasteiger partial charge in [-0.1, -0.05) is 29.8 Å². The van der Waals surface area contributed by atoms with Crippen molar-refractivity contribution in [2.75, 3.05) is 19.6 Å². The van der Waals surface area contributed by atoms with Gasteiger partial charge in [-0.2, -0.15) is 0 Å². The van der Waals surface area contributed by atoms with Crippen LogP contribution in [0.3, 0.4) is 0 Å². The van der Waals surface area contributed by atoms with E-state index in [1.807, 2.05) is 6.92 Å². The first-order chi connectivity index (χ1) is 14.5. The van der Waals surface area contributed by atoms with Crippen LogP contribution in [0.4, 0.5) is 4.39 Å². The lowest BCUT2D eigenvalue weighted by atomic mass is 9.85. The molecule has 4 rings (SSSR count). The standard InChI is InChI=1S/C22H26ClFN4O2.HI/c1-2-25-22(27-12-13-4-7-17(24)16(23)10-13)26-8-3-9-28-20(29)18-14-5-6-15(11-14)19(18)21(28)30;/h4-7,10,14-15,18-19H,2-3,8-9,11-12H2,1H3,(H2,25,26,27);1H. The molecule has 2 N–H and O–H groups in total. The Labute approximate surface area is 203 Å². The van der Waals surface area contributed by atoms with E-state index < -0.39 is 5.82 Å². The van der Waals surface area contributed by atoms with Crippen molar-refractivity contribution in [3.8, 4) is 0 Å². The summed E-state index contributed by atoms with van der Waals surface area (Å²) in [5.41, 5.74) is 0.807. The summed E-state index contributed by atoms with van der Waals surface area (Å²) in [5, 5.41) is 6.45.